The van der Waals surface area contributed by atoms with Crippen LogP contribution in [-0.2, 0) is 37.9 Å². The molecule has 1 amide bonds. The van der Waals surface area contributed by atoms with Crippen LogP contribution in [0.25, 0.3) is 0 Å². The molecule has 5 nitrogen and oxygen atoms in total. The van der Waals surface area contributed by atoms with Gasteiger partial charge in [-0.05, 0) is 0 Å². The van der Waals surface area contributed by atoms with Crippen molar-refractivity contribution >= 4 is 24.2 Å². The minimum absolute atomic E-state index is 0.0874. The number of rotatable bonds is 11. The molecule has 200 valence electrons. The number of piperidine rings is 1. The second kappa shape index (κ2) is 13.6. The monoisotopic (exact) mass is 587 g/mol. The fourth-order valence-electron chi connectivity index (χ4n) is 4.92. The predicted molar refractivity (Wildman–Crippen MR) is 153 cm³/mol. The van der Waals surface area contributed by atoms with Gasteiger partial charge in [0.05, 0.1) is 0 Å². The first kappa shape index (κ1) is 27.2. The topological polar surface area (TPSA) is 55.8 Å². The van der Waals surface area contributed by atoms with Crippen LogP contribution in [0.1, 0.15) is 23.1 Å². The maximum absolute atomic E-state index is 14.1. The number of hydrogen-bond acceptors (Lipinski definition) is 4. The molecule has 4 aromatic rings. The Labute approximate surface area is 234 Å². The van der Waals surface area contributed by atoms with Crippen molar-refractivity contribution in [3.63, 3.8) is 0 Å². The van der Waals surface area contributed by atoms with Gasteiger partial charge in [-0.15, -0.1) is 0 Å². The van der Waals surface area contributed by atoms with Crippen LogP contribution in [0.5, 0.6) is 0 Å². The third-order valence-corrected chi connectivity index (χ3v) is 10.4. The van der Waals surface area contributed by atoms with Gasteiger partial charge in [-0.3, -0.25) is 0 Å². The molecule has 1 saturated heterocycles. The summed E-state index contributed by atoms with van der Waals surface area (Å²) in [6.07, 6.45) is 0.0793. The summed E-state index contributed by atoms with van der Waals surface area (Å²) in [6, 6.07) is 39.0. The zero-order valence-electron chi connectivity index (χ0n) is 21.8. The summed E-state index contributed by atoms with van der Waals surface area (Å²) in [7, 11) is 0. The fourth-order valence-corrected chi connectivity index (χ4v) is 7.93. The van der Waals surface area contributed by atoms with Crippen LogP contribution < -0.4 is 4.46 Å². The quantitative estimate of drug-likeness (QED) is 0.224. The molecule has 0 radical (unpaired) electrons. The maximum atomic E-state index is 14.1. The number of likely N-dealkylation sites (tertiary alicyclic amines) is 1. The molecule has 0 aliphatic carbocycles. The normalized spacial score (nSPS) is 20.1. The summed E-state index contributed by atoms with van der Waals surface area (Å²) in [5, 5.41) is 0. The van der Waals surface area contributed by atoms with Gasteiger partial charge in [-0.1, -0.05) is 0 Å². The molecule has 0 spiro atoms. The number of benzene rings is 4. The summed E-state index contributed by atoms with van der Waals surface area (Å²) >= 11 is -2.68. The van der Waals surface area contributed by atoms with E-state index in [-0.39, 0.29) is 18.1 Å². The molecule has 0 saturated carbocycles. The Morgan fingerprint density at radius 1 is 0.692 bits per heavy atom. The van der Waals surface area contributed by atoms with Gasteiger partial charge in [-0.25, -0.2) is 0 Å². The van der Waals surface area contributed by atoms with Crippen LogP contribution >= 0.6 is 0 Å². The number of hydrogen-bond donors (Lipinski definition) is 0. The summed E-state index contributed by atoms with van der Waals surface area (Å²) in [6.45, 7) is 1.60. The van der Waals surface area contributed by atoms with E-state index in [1.54, 1.807) is 0 Å². The Morgan fingerprint density at radius 3 is 1.79 bits per heavy atom. The van der Waals surface area contributed by atoms with E-state index < -0.39 is 18.6 Å². The average molecular weight is 587 g/mol. The van der Waals surface area contributed by atoms with Crippen LogP contribution in [0.2, 0.25) is 4.82 Å². The SMILES string of the molecule is O=C1C([Se](=O)c2ccccc2)C[C@H](OCc2ccccc2)[C@@H](COCc2ccccc2)N1Cc1ccccc1. The molecule has 1 fully saturated rings. The third kappa shape index (κ3) is 7.17. The molecular formula is C33H33NO4Se. The van der Waals surface area contributed by atoms with Gasteiger partial charge < -0.3 is 0 Å². The molecule has 1 heterocycles. The first-order chi connectivity index (χ1) is 19.2. The summed E-state index contributed by atoms with van der Waals surface area (Å²) in [4.78, 5) is 15.3. The van der Waals surface area contributed by atoms with E-state index in [1.807, 2.05) is 126 Å². The molecule has 0 bridgehead atoms. The van der Waals surface area contributed by atoms with Gasteiger partial charge in [0.15, 0.2) is 0 Å². The van der Waals surface area contributed by atoms with Crippen molar-refractivity contribution in [3.05, 3.63) is 138 Å². The third-order valence-electron chi connectivity index (χ3n) is 6.97. The second-order valence-electron chi connectivity index (χ2n) is 9.69. The number of amides is 1. The van der Waals surface area contributed by atoms with Crippen molar-refractivity contribution < 1.29 is 18.1 Å². The summed E-state index contributed by atoms with van der Waals surface area (Å²) in [5.74, 6) is -0.0874. The van der Waals surface area contributed by atoms with Crippen LogP contribution in [0, 0.1) is 0 Å². The van der Waals surface area contributed by atoms with E-state index in [4.69, 9.17) is 9.47 Å². The number of ether oxygens (including phenoxy) is 2. The summed E-state index contributed by atoms with van der Waals surface area (Å²) in [5.41, 5.74) is 3.15. The van der Waals surface area contributed by atoms with E-state index in [1.165, 1.54) is 0 Å². The van der Waals surface area contributed by atoms with Crippen molar-refractivity contribution in [3.8, 4) is 0 Å². The first-order valence-corrected chi connectivity index (χ1v) is 15.8. The van der Waals surface area contributed by atoms with E-state index in [0.29, 0.717) is 32.8 Å². The molecule has 4 aromatic carbocycles. The number of carbonyl (C=O) groups is 1. The van der Waals surface area contributed by atoms with Crippen LogP contribution in [-0.4, -0.2) is 43.4 Å². The van der Waals surface area contributed by atoms with Crippen molar-refractivity contribution in [2.75, 3.05) is 6.61 Å². The molecule has 0 aromatic heterocycles. The molecule has 5 rings (SSSR count). The Balaban J connectivity index is 1.43. The van der Waals surface area contributed by atoms with Gasteiger partial charge in [0.25, 0.3) is 0 Å². The van der Waals surface area contributed by atoms with Crippen molar-refractivity contribution in [2.24, 2.45) is 0 Å². The van der Waals surface area contributed by atoms with Crippen molar-refractivity contribution in [2.45, 2.75) is 43.1 Å². The molecule has 1 aliphatic heterocycles. The van der Waals surface area contributed by atoms with Gasteiger partial charge in [-0.2, -0.15) is 0 Å². The van der Waals surface area contributed by atoms with Gasteiger partial charge in [0.2, 0.25) is 0 Å². The Hall–Kier alpha value is -3.41. The van der Waals surface area contributed by atoms with E-state index in [0.717, 1.165) is 21.2 Å². The van der Waals surface area contributed by atoms with Crippen molar-refractivity contribution in [1.82, 2.24) is 4.90 Å². The Kier molecular flexibility index (Phi) is 9.47. The van der Waals surface area contributed by atoms with Crippen molar-refractivity contribution in [1.29, 1.82) is 0 Å². The average Bonchev–Trinajstić information content (AvgIpc) is 3.00. The van der Waals surface area contributed by atoms with E-state index >= 15 is 0 Å². The van der Waals surface area contributed by atoms with Crippen LogP contribution in [0.3, 0.4) is 0 Å². The molecule has 2 unspecified atom stereocenters. The zero-order chi connectivity index (χ0) is 26.9. The molecule has 4 atom stereocenters. The van der Waals surface area contributed by atoms with E-state index in [9.17, 15) is 8.63 Å². The minimum atomic E-state index is -2.68. The fraction of sp³-hybridized carbons (Fsp3) is 0.242. The standard InChI is InChI=1S/C33H33NO4Se/c35-33-32(39(36)29-19-11-4-12-20-29)21-31(38-24-28-17-9-3-10-18-28)30(25-37-23-27-15-7-2-8-16-27)34(33)22-26-13-5-1-6-14-26/h1-20,30-32H,21-25H2/t30-,31+,32?,39?/m1/s1. The van der Waals surface area contributed by atoms with Crippen LogP contribution in [0.15, 0.2) is 121 Å². The van der Waals surface area contributed by atoms with Gasteiger partial charge in [0, 0.05) is 0 Å². The second-order valence-corrected chi connectivity index (χ2v) is 13.1. The van der Waals surface area contributed by atoms with Crippen LogP contribution in [0.4, 0.5) is 0 Å². The zero-order valence-corrected chi connectivity index (χ0v) is 23.5. The molecule has 0 N–H and O–H groups in total. The molecule has 1 aliphatic rings. The predicted octanol–water partition coefficient (Wildman–Crippen LogP) is 5.29. The molecule has 39 heavy (non-hydrogen) atoms. The van der Waals surface area contributed by atoms with Gasteiger partial charge >= 0.3 is 235 Å². The first-order valence-electron chi connectivity index (χ1n) is 13.3. The van der Waals surface area contributed by atoms with E-state index in [2.05, 4.69) is 0 Å². The molecular weight excluding hydrogens is 553 g/mol. The summed E-state index contributed by atoms with van der Waals surface area (Å²) < 4.78 is 27.3. The molecule has 6 heteroatoms. The Morgan fingerprint density at radius 2 is 1.21 bits per heavy atom. The van der Waals surface area contributed by atoms with Gasteiger partial charge in [0.1, 0.15) is 0 Å². The Bertz CT molecular complexity index is 1340. The number of carbonyl (C=O) groups excluding carboxylic acids is 1. The number of nitrogens with zero attached hydrogens (tertiary/aromatic N) is 1.